The second-order valence-electron chi connectivity index (χ2n) is 5.78. The maximum absolute atomic E-state index is 12.0. The van der Waals surface area contributed by atoms with Crippen molar-refractivity contribution in [2.45, 2.75) is 38.3 Å². The Bertz CT molecular complexity index is 474. The van der Waals surface area contributed by atoms with E-state index in [-0.39, 0.29) is 6.03 Å². The number of benzene rings is 1. The summed E-state index contributed by atoms with van der Waals surface area (Å²) in [7, 11) is 0. The average molecular weight is 259 g/mol. The van der Waals surface area contributed by atoms with Gasteiger partial charge in [0.1, 0.15) is 0 Å². The Hall–Kier alpha value is -1.55. The van der Waals surface area contributed by atoms with Crippen molar-refractivity contribution in [2.75, 3.05) is 5.32 Å². The molecule has 0 spiro atoms. The highest BCUT2D eigenvalue weighted by Gasteiger charge is 2.40. The number of hydrogen-bond donors (Lipinski definition) is 3. The summed E-state index contributed by atoms with van der Waals surface area (Å²) in [5.41, 5.74) is 7.43. The molecule has 19 heavy (non-hydrogen) atoms. The lowest BCUT2D eigenvalue weighted by atomic mass is 9.95. The monoisotopic (exact) mass is 259 g/mol. The van der Waals surface area contributed by atoms with Crippen LogP contribution < -0.4 is 16.4 Å². The molecule has 102 valence electrons. The van der Waals surface area contributed by atoms with E-state index in [1.54, 1.807) is 0 Å². The van der Waals surface area contributed by atoms with E-state index in [4.69, 9.17) is 5.73 Å². The number of amides is 2. The summed E-state index contributed by atoms with van der Waals surface area (Å²) in [5.74, 6) is 1.54. The van der Waals surface area contributed by atoms with Gasteiger partial charge in [-0.2, -0.15) is 0 Å². The zero-order chi connectivity index (χ0) is 13.2. The van der Waals surface area contributed by atoms with Crippen LogP contribution in [-0.4, -0.2) is 12.1 Å². The van der Waals surface area contributed by atoms with Gasteiger partial charge >= 0.3 is 6.03 Å². The normalized spacial score (nSPS) is 28.4. The van der Waals surface area contributed by atoms with E-state index in [0.29, 0.717) is 18.5 Å². The van der Waals surface area contributed by atoms with Gasteiger partial charge in [-0.05, 0) is 48.8 Å². The molecule has 4 heteroatoms. The van der Waals surface area contributed by atoms with Crippen molar-refractivity contribution in [2.24, 2.45) is 17.6 Å². The molecule has 0 heterocycles. The number of rotatable bonds is 3. The van der Waals surface area contributed by atoms with Gasteiger partial charge in [-0.1, -0.05) is 18.6 Å². The molecule has 3 rings (SSSR count). The van der Waals surface area contributed by atoms with Crippen LogP contribution in [-0.2, 0) is 6.54 Å². The van der Waals surface area contributed by atoms with E-state index in [1.807, 2.05) is 24.3 Å². The number of carbonyl (C=O) groups is 1. The Balaban J connectivity index is 1.56. The Labute approximate surface area is 113 Å². The molecule has 2 aliphatic rings. The van der Waals surface area contributed by atoms with Crippen LogP contribution in [0.3, 0.4) is 0 Å². The maximum Gasteiger partial charge on any atom is 0.319 e. The largest absolute Gasteiger partial charge is 0.335 e. The summed E-state index contributed by atoms with van der Waals surface area (Å²) in [6, 6.07) is 7.96. The number of nitrogens with one attached hydrogen (secondary N) is 2. The number of hydrogen-bond acceptors (Lipinski definition) is 2. The van der Waals surface area contributed by atoms with Crippen molar-refractivity contribution in [3.05, 3.63) is 29.8 Å². The van der Waals surface area contributed by atoms with E-state index in [0.717, 1.165) is 23.6 Å². The molecule has 1 aromatic carbocycles. The van der Waals surface area contributed by atoms with E-state index in [2.05, 4.69) is 10.6 Å². The molecule has 0 saturated heterocycles. The van der Waals surface area contributed by atoms with Crippen molar-refractivity contribution in [3.8, 4) is 0 Å². The minimum absolute atomic E-state index is 0.0910. The van der Waals surface area contributed by atoms with Gasteiger partial charge in [0.05, 0.1) is 0 Å². The predicted octanol–water partition coefficient (Wildman–Crippen LogP) is 2.46. The van der Waals surface area contributed by atoms with Gasteiger partial charge in [0.25, 0.3) is 0 Å². The highest BCUT2D eigenvalue weighted by atomic mass is 16.2. The Morgan fingerprint density at radius 1 is 1.32 bits per heavy atom. The number of nitrogens with two attached hydrogens (primary N) is 1. The average Bonchev–Trinajstić information content (AvgIpc) is 3.01. The topological polar surface area (TPSA) is 67.1 Å². The van der Waals surface area contributed by atoms with Crippen molar-refractivity contribution in [1.82, 2.24) is 5.32 Å². The van der Waals surface area contributed by atoms with E-state index < -0.39 is 0 Å². The number of fused-ring (bicyclic) bond motifs is 2. The lowest BCUT2D eigenvalue weighted by Crippen LogP contribution is -2.40. The third-order valence-corrected chi connectivity index (χ3v) is 4.48. The van der Waals surface area contributed by atoms with Gasteiger partial charge in [0.15, 0.2) is 0 Å². The summed E-state index contributed by atoms with van der Waals surface area (Å²) in [6.45, 7) is 0.490. The van der Waals surface area contributed by atoms with Crippen LogP contribution in [0, 0.1) is 11.8 Å². The van der Waals surface area contributed by atoms with Crippen molar-refractivity contribution in [3.63, 3.8) is 0 Å². The molecule has 2 bridgehead atoms. The number of carbonyl (C=O) groups excluding carboxylic acids is 1. The Morgan fingerprint density at radius 3 is 2.89 bits per heavy atom. The first kappa shape index (κ1) is 12.5. The molecule has 0 radical (unpaired) electrons. The molecule has 1 aromatic rings. The minimum Gasteiger partial charge on any atom is -0.335 e. The lowest BCUT2D eigenvalue weighted by molar-refractivity contribution is 0.242. The summed E-state index contributed by atoms with van der Waals surface area (Å²) in [5, 5.41) is 6.01. The first-order chi connectivity index (χ1) is 9.24. The van der Waals surface area contributed by atoms with Gasteiger partial charge < -0.3 is 16.4 Å². The van der Waals surface area contributed by atoms with Crippen LogP contribution in [0.4, 0.5) is 10.5 Å². The zero-order valence-electron chi connectivity index (χ0n) is 11.1. The highest BCUT2D eigenvalue weighted by molar-refractivity contribution is 5.89. The molecule has 0 aromatic heterocycles. The fourth-order valence-corrected chi connectivity index (χ4v) is 3.53. The van der Waals surface area contributed by atoms with E-state index >= 15 is 0 Å². The second kappa shape index (κ2) is 5.21. The van der Waals surface area contributed by atoms with Gasteiger partial charge in [0, 0.05) is 18.3 Å². The van der Waals surface area contributed by atoms with Crippen LogP contribution in [0.15, 0.2) is 24.3 Å². The van der Waals surface area contributed by atoms with Gasteiger partial charge in [-0.3, -0.25) is 0 Å². The molecule has 2 saturated carbocycles. The second-order valence-corrected chi connectivity index (χ2v) is 5.78. The van der Waals surface area contributed by atoms with Crippen LogP contribution in [0.25, 0.3) is 0 Å². The van der Waals surface area contributed by atoms with Crippen molar-refractivity contribution in [1.29, 1.82) is 0 Å². The molecular weight excluding hydrogens is 238 g/mol. The molecule has 4 N–H and O–H groups in total. The molecule has 2 aliphatic carbocycles. The third-order valence-electron chi connectivity index (χ3n) is 4.48. The van der Waals surface area contributed by atoms with E-state index in [9.17, 15) is 4.79 Å². The SMILES string of the molecule is NCc1cccc(NC(=O)NC2CC3CCC2C3)c1. The van der Waals surface area contributed by atoms with Crippen molar-refractivity contribution >= 4 is 11.7 Å². The Morgan fingerprint density at radius 2 is 2.21 bits per heavy atom. The van der Waals surface area contributed by atoms with Gasteiger partial charge in [-0.25, -0.2) is 4.79 Å². The molecule has 3 atom stereocenters. The molecule has 2 amide bonds. The third kappa shape index (κ3) is 2.73. The van der Waals surface area contributed by atoms with Crippen LogP contribution in [0.2, 0.25) is 0 Å². The van der Waals surface area contributed by atoms with Gasteiger partial charge in [0.2, 0.25) is 0 Å². The maximum atomic E-state index is 12.0. The first-order valence-electron chi connectivity index (χ1n) is 7.11. The minimum atomic E-state index is -0.0910. The number of anilines is 1. The quantitative estimate of drug-likeness (QED) is 0.780. The molecular formula is C15H21N3O. The molecule has 2 fully saturated rings. The molecule has 4 nitrogen and oxygen atoms in total. The van der Waals surface area contributed by atoms with Crippen LogP contribution >= 0.6 is 0 Å². The number of urea groups is 1. The smallest absolute Gasteiger partial charge is 0.319 e. The summed E-state index contributed by atoms with van der Waals surface area (Å²) >= 11 is 0. The summed E-state index contributed by atoms with van der Waals surface area (Å²) in [6.07, 6.45) is 5.08. The first-order valence-corrected chi connectivity index (χ1v) is 7.11. The predicted molar refractivity (Wildman–Crippen MR) is 75.7 cm³/mol. The Kier molecular flexibility index (Phi) is 3.42. The molecule has 0 aliphatic heterocycles. The summed E-state index contributed by atoms with van der Waals surface area (Å²) < 4.78 is 0. The lowest BCUT2D eigenvalue weighted by Gasteiger charge is -2.23. The van der Waals surface area contributed by atoms with Crippen LogP contribution in [0.1, 0.15) is 31.2 Å². The standard InChI is InChI=1S/C15H21N3O/c16-9-11-2-1-3-13(7-11)17-15(19)18-14-8-10-4-5-12(14)6-10/h1-3,7,10,12,14H,4-6,8-9,16H2,(H2,17,18,19). The fourth-order valence-electron chi connectivity index (χ4n) is 3.53. The van der Waals surface area contributed by atoms with Gasteiger partial charge in [-0.15, -0.1) is 0 Å². The van der Waals surface area contributed by atoms with Crippen LogP contribution in [0.5, 0.6) is 0 Å². The highest BCUT2D eigenvalue weighted by Crippen LogP contribution is 2.44. The van der Waals surface area contributed by atoms with Crippen molar-refractivity contribution < 1.29 is 4.79 Å². The molecule has 3 unspecified atom stereocenters. The van der Waals surface area contributed by atoms with E-state index in [1.165, 1.54) is 19.3 Å². The zero-order valence-corrected chi connectivity index (χ0v) is 11.1. The fraction of sp³-hybridized carbons (Fsp3) is 0.533. The summed E-state index contributed by atoms with van der Waals surface area (Å²) in [4.78, 5) is 12.0.